The second kappa shape index (κ2) is 7.39. The predicted octanol–water partition coefficient (Wildman–Crippen LogP) is 3.66. The van der Waals surface area contributed by atoms with E-state index in [0.29, 0.717) is 11.5 Å². The normalized spacial score (nSPS) is 17.5. The molecule has 2 atom stereocenters. The first kappa shape index (κ1) is 16.4. The molecule has 0 saturated heterocycles. The maximum Gasteiger partial charge on any atom is 0.261 e. The fraction of sp³-hybridized carbons (Fsp3) is 0.350. The highest BCUT2D eigenvalue weighted by molar-refractivity contribution is 5.81. The fourth-order valence-corrected chi connectivity index (χ4v) is 3.13. The Morgan fingerprint density at radius 3 is 2.79 bits per heavy atom. The van der Waals surface area contributed by atoms with Gasteiger partial charge in [0.2, 0.25) is 0 Å². The van der Waals surface area contributed by atoms with Crippen LogP contribution >= 0.6 is 0 Å². The number of carbonyl (C=O) groups is 1. The Labute approximate surface area is 142 Å². The third kappa shape index (κ3) is 3.70. The summed E-state index contributed by atoms with van der Waals surface area (Å²) in [6.45, 7) is 1.77. The van der Waals surface area contributed by atoms with Crippen molar-refractivity contribution >= 4 is 5.91 Å². The predicted molar refractivity (Wildman–Crippen MR) is 93.3 cm³/mol. The van der Waals surface area contributed by atoms with E-state index in [9.17, 15) is 4.79 Å². The summed E-state index contributed by atoms with van der Waals surface area (Å²) in [4.78, 5) is 12.5. The summed E-state index contributed by atoms with van der Waals surface area (Å²) in [5, 5.41) is 3.13. The highest BCUT2D eigenvalue weighted by Gasteiger charge is 2.24. The molecule has 2 unspecified atom stereocenters. The zero-order valence-corrected chi connectivity index (χ0v) is 14.1. The van der Waals surface area contributed by atoms with E-state index in [2.05, 4.69) is 23.5 Å². The number of fused-ring (bicyclic) bond motifs is 1. The van der Waals surface area contributed by atoms with Crippen LogP contribution in [0.5, 0.6) is 11.5 Å². The van der Waals surface area contributed by atoms with E-state index in [1.165, 1.54) is 11.1 Å². The van der Waals surface area contributed by atoms with Gasteiger partial charge >= 0.3 is 0 Å². The molecule has 1 amide bonds. The van der Waals surface area contributed by atoms with Gasteiger partial charge in [-0.2, -0.15) is 0 Å². The third-order valence-corrected chi connectivity index (χ3v) is 4.41. The van der Waals surface area contributed by atoms with Crippen LogP contribution < -0.4 is 14.8 Å². The number of nitrogens with one attached hydrogen (secondary N) is 1. The number of hydrogen-bond acceptors (Lipinski definition) is 3. The van der Waals surface area contributed by atoms with Gasteiger partial charge in [0, 0.05) is 6.07 Å². The minimum Gasteiger partial charge on any atom is -0.497 e. The maximum absolute atomic E-state index is 12.5. The van der Waals surface area contributed by atoms with Crippen LogP contribution in [0.3, 0.4) is 0 Å². The minimum absolute atomic E-state index is 0.0683. The standard InChI is InChI=1S/C20H23NO3/c1-14(24-17-10-6-9-16(13-17)23-2)20(22)21-19-12-5-8-15-7-3-4-11-18(15)19/h3-4,6-7,9-11,13-14,19H,5,8,12H2,1-2H3,(H,21,22). The molecule has 0 radical (unpaired) electrons. The Morgan fingerprint density at radius 2 is 1.96 bits per heavy atom. The molecular weight excluding hydrogens is 302 g/mol. The number of benzene rings is 2. The van der Waals surface area contributed by atoms with Crippen molar-refractivity contribution in [3.63, 3.8) is 0 Å². The third-order valence-electron chi connectivity index (χ3n) is 4.41. The fourth-order valence-electron chi connectivity index (χ4n) is 3.13. The summed E-state index contributed by atoms with van der Waals surface area (Å²) in [7, 11) is 1.61. The zero-order valence-electron chi connectivity index (χ0n) is 14.1. The van der Waals surface area contributed by atoms with E-state index in [0.717, 1.165) is 19.3 Å². The van der Waals surface area contributed by atoms with Gasteiger partial charge in [-0.25, -0.2) is 0 Å². The average molecular weight is 325 g/mol. The molecule has 0 bridgehead atoms. The highest BCUT2D eigenvalue weighted by atomic mass is 16.5. The first-order chi connectivity index (χ1) is 11.7. The van der Waals surface area contributed by atoms with Crippen molar-refractivity contribution in [3.05, 3.63) is 59.7 Å². The van der Waals surface area contributed by atoms with E-state index in [-0.39, 0.29) is 11.9 Å². The van der Waals surface area contributed by atoms with Crippen LogP contribution in [0.25, 0.3) is 0 Å². The molecule has 1 aliphatic carbocycles. The lowest BCUT2D eigenvalue weighted by atomic mass is 9.87. The van der Waals surface area contributed by atoms with Gasteiger partial charge in [0.15, 0.2) is 6.10 Å². The number of rotatable bonds is 5. The SMILES string of the molecule is COc1cccc(OC(C)C(=O)NC2CCCc3ccccc32)c1. The Kier molecular flexibility index (Phi) is 5.04. The molecule has 0 spiro atoms. The maximum atomic E-state index is 12.5. The number of hydrogen-bond donors (Lipinski definition) is 1. The summed E-state index contributed by atoms with van der Waals surface area (Å²) in [6, 6.07) is 15.7. The molecule has 0 saturated carbocycles. The molecule has 24 heavy (non-hydrogen) atoms. The average Bonchev–Trinajstić information content (AvgIpc) is 2.62. The lowest BCUT2D eigenvalue weighted by Gasteiger charge is -2.27. The van der Waals surface area contributed by atoms with Gasteiger partial charge in [-0.15, -0.1) is 0 Å². The van der Waals surface area contributed by atoms with Crippen LogP contribution in [0.1, 0.15) is 36.9 Å². The Morgan fingerprint density at radius 1 is 1.17 bits per heavy atom. The van der Waals surface area contributed by atoms with Crippen LogP contribution in [0, 0.1) is 0 Å². The summed E-state index contributed by atoms with van der Waals surface area (Å²) in [5.41, 5.74) is 2.56. The van der Waals surface area contributed by atoms with Crippen LogP contribution in [0.15, 0.2) is 48.5 Å². The molecule has 2 aromatic rings. The highest BCUT2D eigenvalue weighted by Crippen LogP contribution is 2.29. The molecule has 2 aromatic carbocycles. The Bertz CT molecular complexity index is 714. The minimum atomic E-state index is -0.564. The quantitative estimate of drug-likeness (QED) is 0.913. The van der Waals surface area contributed by atoms with Gasteiger partial charge < -0.3 is 14.8 Å². The summed E-state index contributed by atoms with van der Waals surface area (Å²) in [6.07, 6.45) is 2.58. The van der Waals surface area contributed by atoms with Crippen molar-refractivity contribution in [1.29, 1.82) is 0 Å². The largest absolute Gasteiger partial charge is 0.497 e. The van der Waals surface area contributed by atoms with Crippen LogP contribution in [-0.4, -0.2) is 19.1 Å². The molecule has 0 aliphatic heterocycles. The van der Waals surface area contributed by atoms with Gasteiger partial charge in [-0.1, -0.05) is 30.3 Å². The molecule has 3 rings (SSSR count). The van der Waals surface area contributed by atoms with Gasteiger partial charge in [-0.05, 0) is 49.4 Å². The summed E-state index contributed by atoms with van der Waals surface area (Å²) < 4.78 is 10.9. The van der Waals surface area contributed by atoms with E-state index in [4.69, 9.17) is 9.47 Å². The number of carbonyl (C=O) groups excluding carboxylic acids is 1. The molecule has 4 heteroatoms. The Balaban J connectivity index is 1.64. The zero-order chi connectivity index (χ0) is 16.9. The van der Waals surface area contributed by atoms with Gasteiger partial charge in [0.1, 0.15) is 11.5 Å². The molecule has 0 heterocycles. The van der Waals surface area contributed by atoms with Crippen molar-refractivity contribution in [2.45, 2.75) is 38.3 Å². The molecule has 4 nitrogen and oxygen atoms in total. The van der Waals surface area contributed by atoms with Crippen molar-refractivity contribution < 1.29 is 14.3 Å². The van der Waals surface area contributed by atoms with E-state index < -0.39 is 6.10 Å². The molecule has 1 aliphatic rings. The monoisotopic (exact) mass is 325 g/mol. The van der Waals surface area contributed by atoms with Gasteiger partial charge in [0.25, 0.3) is 5.91 Å². The second-order valence-corrected chi connectivity index (χ2v) is 6.09. The van der Waals surface area contributed by atoms with Crippen molar-refractivity contribution in [2.24, 2.45) is 0 Å². The summed E-state index contributed by atoms with van der Waals surface area (Å²) in [5.74, 6) is 1.24. The molecule has 0 fully saturated rings. The van der Waals surface area contributed by atoms with Crippen molar-refractivity contribution in [3.8, 4) is 11.5 Å². The molecule has 1 N–H and O–H groups in total. The van der Waals surface area contributed by atoms with E-state index >= 15 is 0 Å². The lowest BCUT2D eigenvalue weighted by Crippen LogP contribution is -2.39. The van der Waals surface area contributed by atoms with Crippen LogP contribution in [0.2, 0.25) is 0 Å². The molecule has 126 valence electrons. The first-order valence-electron chi connectivity index (χ1n) is 8.36. The topological polar surface area (TPSA) is 47.6 Å². The smallest absolute Gasteiger partial charge is 0.261 e. The van der Waals surface area contributed by atoms with Crippen molar-refractivity contribution in [1.82, 2.24) is 5.32 Å². The van der Waals surface area contributed by atoms with E-state index in [1.54, 1.807) is 20.1 Å². The number of ether oxygens (including phenoxy) is 2. The van der Waals surface area contributed by atoms with Crippen molar-refractivity contribution in [2.75, 3.05) is 7.11 Å². The number of amides is 1. The number of methoxy groups -OCH3 is 1. The second-order valence-electron chi connectivity index (χ2n) is 6.09. The van der Waals surface area contributed by atoms with E-state index in [1.807, 2.05) is 24.3 Å². The van der Waals surface area contributed by atoms with Gasteiger partial charge in [0.05, 0.1) is 13.2 Å². The Hall–Kier alpha value is -2.49. The molecule has 0 aromatic heterocycles. The number of aryl methyl sites for hydroxylation is 1. The summed E-state index contributed by atoms with van der Waals surface area (Å²) >= 11 is 0. The lowest BCUT2D eigenvalue weighted by molar-refractivity contribution is -0.128. The first-order valence-corrected chi connectivity index (χ1v) is 8.36. The van der Waals surface area contributed by atoms with Gasteiger partial charge in [-0.3, -0.25) is 4.79 Å². The van der Waals surface area contributed by atoms with Crippen LogP contribution in [-0.2, 0) is 11.2 Å². The van der Waals surface area contributed by atoms with Crippen LogP contribution in [0.4, 0.5) is 0 Å². The molecular formula is C20H23NO3.